The minimum atomic E-state index is -0.396. The monoisotopic (exact) mass is 316 g/mol. The Hall–Kier alpha value is -2.96. The van der Waals surface area contributed by atoms with Crippen LogP contribution in [0.5, 0.6) is 17.2 Å². The second-order valence-electron chi connectivity index (χ2n) is 4.99. The average molecular weight is 316 g/mol. The summed E-state index contributed by atoms with van der Waals surface area (Å²) in [6, 6.07) is 8.55. The summed E-state index contributed by atoms with van der Waals surface area (Å²) in [4.78, 5) is 26.4. The highest BCUT2D eigenvalue weighted by Gasteiger charge is 2.21. The Morgan fingerprint density at radius 3 is 2.91 bits per heavy atom. The topological polar surface area (TPSA) is 89.7 Å². The maximum atomic E-state index is 12.1. The number of fused-ring (bicyclic) bond motifs is 1. The minimum absolute atomic E-state index is 0.155. The summed E-state index contributed by atoms with van der Waals surface area (Å²) in [5.41, 5.74) is -0.199. The highest BCUT2D eigenvalue weighted by Crippen LogP contribution is 2.30. The van der Waals surface area contributed by atoms with Crippen LogP contribution in [0.3, 0.4) is 0 Å². The number of amides is 1. The highest BCUT2D eigenvalue weighted by molar-refractivity contribution is 5.92. The van der Waals surface area contributed by atoms with Gasteiger partial charge in [-0.05, 0) is 12.1 Å². The number of aromatic amines is 1. The standard InChI is InChI=1S/C16H16N2O5/c1-21-15-8-17-11(6-12(15)19)16(20)18-7-10-9-22-13-4-2-3-5-14(13)23-10/h2-6,8,10H,7,9H2,1H3,(H,17,19)(H,18,20)/t10-/m1/s1. The van der Waals surface area contributed by atoms with E-state index in [1.807, 2.05) is 24.3 Å². The molecule has 3 rings (SSSR count). The molecule has 2 aromatic rings. The largest absolute Gasteiger partial charge is 0.491 e. The lowest BCUT2D eigenvalue weighted by Crippen LogP contribution is -2.41. The van der Waals surface area contributed by atoms with Crippen molar-refractivity contribution in [3.63, 3.8) is 0 Å². The number of carbonyl (C=O) groups excluding carboxylic acids is 1. The molecule has 7 heteroatoms. The van der Waals surface area contributed by atoms with E-state index >= 15 is 0 Å². The Kier molecular flexibility index (Phi) is 4.18. The summed E-state index contributed by atoms with van der Waals surface area (Å²) in [5.74, 6) is 1.10. The van der Waals surface area contributed by atoms with E-state index in [1.54, 1.807) is 0 Å². The van der Waals surface area contributed by atoms with Crippen LogP contribution in [0.2, 0.25) is 0 Å². The van der Waals surface area contributed by atoms with Crippen LogP contribution in [0, 0.1) is 0 Å². The second-order valence-corrected chi connectivity index (χ2v) is 4.99. The Bertz CT molecular complexity index is 771. The van der Waals surface area contributed by atoms with Crippen molar-refractivity contribution in [2.75, 3.05) is 20.3 Å². The number of aromatic nitrogens is 1. The SMILES string of the molecule is COc1c[nH]c(C(=O)NC[C@@H]2COc3ccccc3O2)cc1=O. The molecule has 0 unspecified atom stereocenters. The fourth-order valence-corrected chi connectivity index (χ4v) is 2.21. The summed E-state index contributed by atoms with van der Waals surface area (Å²) in [7, 11) is 1.39. The summed E-state index contributed by atoms with van der Waals surface area (Å²) in [6.45, 7) is 0.609. The van der Waals surface area contributed by atoms with Gasteiger partial charge in [0.05, 0.1) is 13.7 Å². The van der Waals surface area contributed by atoms with Crippen LogP contribution in [-0.4, -0.2) is 37.3 Å². The third-order valence-electron chi connectivity index (χ3n) is 3.40. The van der Waals surface area contributed by atoms with Gasteiger partial charge in [0.2, 0.25) is 5.43 Å². The maximum absolute atomic E-state index is 12.1. The van der Waals surface area contributed by atoms with Crippen molar-refractivity contribution >= 4 is 5.91 Å². The number of benzene rings is 1. The van der Waals surface area contributed by atoms with Crippen LogP contribution >= 0.6 is 0 Å². The van der Waals surface area contributed by atoms with Gasteiger partial charge in [0.25, 0.3) is 5.91 Å². The van der Waals surface area contributed by atoms with Crippen molar-refractivity contribution in [3.05, 3.63) is 52.4 Å². The quantitative estimate of drug-likeness (QED) is 0.877. The predicted molar refractivity (Wildman–Crippen MR) is 82.3 cm³/mol. The molecule has 0 radical (unpaired) electrons. The van der Waals surface area contributed by atoms with Gasteiger partial charge in [0.1, 0.15) is 18.4 Å². The molecular formula is C16H16N2O5. The van der Waals surface area contributed by atoms with Crippen LogP contribution in [0.15, 0.2) is 41.3 Å². The van der Waals surface area contributed by atoms with Gasteiger partial charge in [-0.3, -0.25) is 9.59 Å². The van der Waals surface area contributed by atoms with Gasteiger partial charge in [-0.1, -0.05) is 12.1 Å². The normalized spacial score (nSPS) is 15.8. The molecule has 2 N–H and O–H groups in total. The molecule has 7 nitrogen and oxygen atoms in total. The predicted octanol–water partition coefficient (Wildman–Crippen LogP) is 0.953. The van der Waals surface area contributed by atoms with E-state index in [2.05, 4.69) is 10.3 Å². The van der Waals surface area contributed by atoms with Gasteiger partial charge in [-0.15, -0.1) is 0 Å². The van der Waals surface area contributed by atoms with E-state index in [9.17, 15) is 9.59 Å². The number of pyridine rings is 1. The molecule has 1 aromatic heterocycles. The third kappa shape index (κ3) is 3.28. The van der Waals surface area contributed by atoms with Crippen molar-refractivity contribution in [3.8, 4) is 17.2 Å². The number of ether oxygens (including phenoxy) is 3. The minimum Gasteiger partial charge on any atom is -0.491 e. The molecule has 0 saturated carbocycles. The van der Waals surface area contributed by atoms with Crippen molar-refractivity contribution in [1.82, 2.24) is 10.3 Å². The molecular weight excluding hydrogens is 300 g/mol. The number of nitrogens with one attached hydrogen (secondary N) is 2. The molecule has 1 aromatic carbocycles. The molecule has 0 spiro atoms. The Morgan fingerprint density at radius 2 is 2.17 bits per heavy atom. The zero-order valence-corrected chi connectivity index (χ0v) is 12.5. The first-order valence-corrected chi connectivity index (χ1v) is 7.11. The number of para-hydroxylation sites is 2. The summed E-state index contributed by atoms with van der Waals surface area (Å²) < 4.78 is 16.2. The van der Waals surface area contributed by atoms with E-state index in [-0.39, 0.29) is 29.5 Å². The fraction of sp³-hybridized carbons (Fsp3) is 0.250. The molecule has 1 amide bonds. The van der Waals surface area contributed by atoms with Gasteiger partial charge in [0.15, 0.2) is 17.2 Å². The summed E-state index contributed by atoms with van der Waals surface area (Å²) in [5, 5.41) is 2.71. The zero-order chi connectivity index (χ0) is 16.2. The lowest BCUT2D eigenvalue weighted by atomic mass is 10.2. The summed E-state index contributed by atoms with van der Waals surface area (Å²) in [6.07, 6.45) is 1.06. The lowest BCUT2D eigenvalue weighted by Gasteiger charge is -2.26. The molecule has 1 aliphatic heterocycles. The van der Waals surface area contributed by atoms with Gasteiger partial charge in [0, 0.05) is 12.3 Å². The molecule has 1 aliphatic rings. The number of H-pyrrole nitrogens is 1. The number of methoxy groups -OCH3 is 1. The van der Waals surface area contributed by atoms with Crippen LogP contribution < -0.4 is 25.0 Å². The van der Waals surface area contributed by atoms with Gasteiger partial charge < -0.3 is 24.5 Å². The van der Waals surface area contributed by atoms with E-state index in [0.717, 1.165) is 0 Å². The van der Waals surface area contributed by atoms with E-state index in [1.165, 1.54) is 19.4 Å². The zero-order valence-electron chi connectivity index (χ0n) is 12.5. The Morgan fingerprint density at radius 1 is 1.39 bits per heavy atom. The Labute approximate surface area is 132 Å². The molecule has 2 heterocycles. The number of carbonyl (C=O) groups is 1. The molecule has 1 atom stereocenters. The van der Waals surface area contributed by atoms with Gasteiger partial charge in [-0.25, -0.2) is 0 Å². The van der Waals surface area contributed by atoms with Gasteiger partial charge >= 0.3 is 0 Å². The van der Waals surface area contributed by atoms with E-state index in [0.29, 0.717) is 18.1 Å². The van der Waals surface area contributed by atoms with Crippen LogP contribution in [0.25, 0.3) is 0 Å². The Balaban J connectivity index is 1.60. The van der Waals surface area contributed by atoms with E-state index in [4.69, 9.17) is 14.2 Å². The lowest BCUT2D eigenvalue weighted by molar-refractivity contribution is 0.0786. The van der Waals surface area contributed by atoms with Crippen molar-refractivity contribution in [2.24, 2.45) is 0 Å². The molecule has 120 valence electrons. The van der Waals surface area contributed by atoms with Crippen LogP contribution in [0.1, 0.15) is 10.5 Å². The maximum Gasteiger partial charge on any atom is 0.267 e. The van der Waals surface area contributed by atoms with Crippen molar-refractivity contribution in [1.29, 1.82) is 0 Å². The highest BCUT2D eigenvalue weighted by atomic mass is 16.6. The molecule has 0 fully saturated rings. The fourth-order valence-electron chi connectivity index (χ4n) is 2.21. The number of rotatable bonds is 4. The van der Waals surface area contributed by atoms with Crippen molar-refractivity contribution < 1.29 is 19.0 Å². The molecule has 23 heavy (non-hydrogen) atoms. The van der Waals surface area contributed by atoms with Crippen LogP contribution in [0.4, 0.5) is 0 Å². The first-order chi connectivity index (χ1) is 11.2. The number of hydrogen-bond donors (Lipinski definition) is 2. The smallest absolute Gasteiger partial charge is 0.267 e. The number of hydrogen-bond acceptors (Lipinski definition) is 5. The van der Waals surface area contributed by atoms with Crippen molar-refractivity contribution in [2.45, 2.75) is 6.10 Å². The van der Waals surface area contributed by atoms with Crippen LogP contribution in [-0.2, 0) is 0 Å². The first-order valence-electron chi connectivity index (χ1n) is 7.11. The average Bonchev–Trinajstić information content (AvgIpc) is 2.59. The third-order valence-corrected chi connectivity index (χ3v) is 3.40. The first kappa shape index (κ1) is 15.0. The summed E-state index contributed by atoms with van der Waals surface area (Å²) >= 11 is 0. The van der Waals surface area contributed by atoms with E-state index < -0.39 is 5.91 Å². The van der Waals surface area contributed by atoms with Gasteiger partial charge in [-0.2, -0.15) is 0 Å². The molecule has 0 saturated heterocycles. The molecule has 0 aliphatic carbocycles. The second kappa shape index (κ2) is 6.43. The molecule has 0 bridgehead atoms.